The minimum absolute atomic E-state index is 0.0740. The number of hydrogen-bond donors (Lipinski definition) is 2. The van der Waals surface area contributed by atoms with Gasteiger partial charge < -0.3 is 15.5 Å². The first-order chi connectivity index (χ1) is 12.6. The average molecular weight is 376 g/mol. The van der Waals surface area contributed by atoms with E-state index in [9.17, 15) is 9.18 Å². The third kappa shape index (κ3) is 5.04. The maximum absolute atomic E-state index is 14.4. The van der Waals surface area contributed by atoms with Crippen molar-refractivity contribution < 1.29 is 9.18 Å². The van der Waals surface area contributed by atoms with Crippen molar-refractivity contribution in [2.75, 3.05) is 39.3 Å². The van der Waals surface area contributed by atoms with Crippen LogP contribution in [0.3, 0.4) is 0 Å². The lowest BCUT2D eigenvalue weighted by atomic mass is 10.0. The smallest absolute Gasteiger partial charge is 0.254 e. The second-order valence-corrected chi connectivity index (χ2v) is 6.84. The third-order valence-electron chi connectivity index (χ3n) is 4.54. The van der Waals surface area contributed by atoms with E-state index in [1.54, 1.807) is 18.2 Å². The van der Waals surface area contributed by atoms with Gasteiger partial charge >= 0.3 is 0 Å². The molecule has 3 rings (SSSR count). The molecular formula is C20H23ClFN3O. The maximum atomic E-state index is 14.4. The number of piperazine rings is 1. The highest BCUT2D eigenvalue weighted by molar-refractivity contribution is 6.30. The molecule has 2 N–H and O–H groups in total. The van der Waals surface area contributed by atoms with Crippen LogP contribution >= 0.6 is 11.6 Å². The number of hydrogen-bond acceptors (Lipinski definition) is 3. The SMILES string of the molecule is O=C(NCCCN1CCNCC1)c1ccc(-c2ccc(Cl)cc2)cc1F. The first-order valence-electron chi connectivity index (χ1n) is 8.90. The normalized spacial score (nSPS) is 15.0. The predicted octanol–water partition coefficient (Wildman–Crippen LogP) is 3.17. The Morgan fingerprint density at radius 1 is 1.12 bits per heavy atom. The summed E-state index contributed by atoms with van der Waals surface area (Å²) in [5, 5.41) is 6.75. The Bertz CT molecular complexity index is 745. The molecule has 1 aliphatic heterocycles. The molecule has 0 radical (unpaired) electrons. The molecule has 0 aliphatic carbocycles. The van der Waals surface area contributed by atoms with Crippen LogP contribution in [0.1, 0.15) is 16.8 Å². The molecule has 6 heteroatoms. The first kappa shape index (κ1) is 18.8. The zero-order valence-corrected chi connectivity index (χ0v) is 15.4. The summed E-state index contributed by atoms with van der Waals surface area (Å²) in [6.45, 7) is 5.58. The molecule has 1 fully saturated rings. The van der Waals surface area contributed by atoms with Crippen molar-refractivity contribution in [1.29, 1.82) is 0 Å². The lowest BCUT2D eigenvalue weighted by Gasteiger charge is -2.27. The van der Waals surface area contributed by atoms with E-state index in [0.29, 0.717) is 11.6 Å². The molecule has 26 heavy (non-hydrogen) atoms. The summed E-state index contributed by atoms with van der Waals surface area (Å²) in [7, 11) is 0. The average Bonchev–Trinajstić information content (AvgIpc) is 2.66. The van der Waals surface area contributed by atoms with Crippen LogP contribution in [-0.2, 0) is 0 Å². The van der Waals surface area contributed by atoms with Crippen LogP contribution in [-0.4, -0.2) is 50.1 Å². The minimum atomic E-state index is -0.517. The van der Waals surface area contributed by atoms with E-state index >= 15 is 0 Å². The highest BCUT2D eigenvalue weighted by Gasteiger charge is 2.13. The number of carbonyl (C=O) groups excluding carboxylic acids is 1. The Kier molecular flexibility index (Phi) is 6.61. The molecule has 1 heterocycles. The fourth-order valence-electron chi connectivity index (χ4n) is 3.06. The molecule has 0 unspecified atom stereocenters. The summed E-state index contributed by atoms with van der Waals surface area (Å²) in [6, 6.07) is 11.8. The van der Waals surface area contributed by atoms with Gasteiger partial charge in [-0.2, -0.15) is 0 Å². The summed E-state index contributed by atoms with van der Waals surface area (Å²) in [5.74, 6) is -0.887. The van der Waals surface area contributed by atoms with Crippen LogP contribution in [0.25, 0.3) is 11.1 Å². The van der Waals surface area contributed by atoms with Crippen molar-refractivity contribution in [2.24, 2.45) is 0 Å². The molecule has 2 aromatic carbocycles. The van der Waals surface area contributed by atoms with E-state index in [0.717, 1.165) is 50.3 Å². The summed E-state index contributed by atoms with van der Waals surface area (Å²) in [6.07, 6.45) is 0.857. The van der Waals surface area contributed by atoms with Crippen molar-refractivity contribution in [3.05, 3.63) is 58.9 Å². The van der Waals surface area contributed by atoms with Gasteiger partial charge in [0, 0.05) is 37.7 Å². The summed E-state index contributed by atoms with van der Waals surface area (Å²) in [4.78, 5) is 14.6. The lowest BCUT2D eigenvalue weighted by Crippen LogP contribution is -2.44. The molecule has 0 atom stereocenters. The zero-order chi connectivity index (χ0) is 18.4. The van der Waals surface area contributed by atoms with Crippen LogP contribution in [0.4, 0.5) is 4.39 Å². The quantitative estimate of drug-likeness (QED) is 0.762. The Balaban J connectivity index is 1.53. The molecule has 1 amide bonds. The second-order valence-electron chi connectivity index (χ2n) is 6.40. The van der Waals surface area contributed by atoms with Gasteiger partial charge in [-0.05, 0) is 48.4 Å². The Morgan fingerprint density at radius 2 is 1.81 bits per heavy atom. The van der Waals surface area contributed by atoms with Crippen molar-refractivity contribution in [3.63, 3.8) is 0 Å². The number of rotatable bonds is 6. The van der Waals surface area contributed by atoms with Crippen LogP contribution in [0.5, 0.6) is 0 Å². The Labute approximate surface area is 158 Å². The van der Waals surface area contributed by atoms with Crippen LogP contribution in [0, 0.1) is 5.82 Å². The van der Waals surface area contributed by atoms with Gasteiger partial charge in [0.05, 0.1) is 5.56 Å². The van der Waals surface area contributed by atoms with E-state index in [2.05, 4.69) is 15.5 Å². The molecule has 138 valence electrons. The number of benzene rings is 2. The largest absolute Gasteiger partial charge is 0.352 e. The van der Waals surface area contributed by atoms with Crippen molar-refractivity contribution >= 4 is 17.5 Å². The van der Waals surface area contributed by atoms with Gasteiger partial charge in [0.1, 0.15) is 5.82 Å². The monoisotopic (exact) mass is 375 g/mol. The topological polar surface area (TPSA) is 44.4 Å². The van der Waals surface area contributed by atoms with E-state index in [1.165, 1.54) is 12.1 Å². The fourth-order valence-corrected chi connectivity index (χ4v) is 3.18. The highest BCUT2D eigenvalue weighted by atomic mass is 35.5. The van der Waals surface area contributed by atoms with E-state index in [1.807, 2.05) is 12.1 Å². The number of amides is 1. The maximum Gasteiger partial charge on any atom is 0.254 e. The lowest BCUT2D eigenvalue weighted by molar-refractivity contribution is 0.0947. The molecular weight excluding hydrogens is 353 g/mol. The number of nitrogens with zero attached hydrogens (tertiary/aromatic N) is 1. The Hall–Kier alpha value is -1.95. The summed E-state index contributed by atoms with van der Waals surface area (Å²) < 4.78 is 14.4. The van der Waals surface area contributed by atoms with Gasteiger partial charge in [0.25, 0.3) is 5.91 Å². The van der Waals surface area contributed by atoms with E-state index in [-0.39, 0.29) is 11.5 Å². The highest BCUT2D eigenvalue weighted by Crippen LogP contribution is 2.23. The van der Waals surface area contributed by atoms with Gasteiger partial charge in [-0.3, -0.25) is 4.79 Å². The number of halogens is 2. The first-order valence-corrected chi connectivity index (χ1v) is 9.28. The van der Waals surface area contributed by atoms with Crippen LogP contribution in [0.15, 0.2) is 42.5 Å². The van der Waals surface area contributed by atoms with Gasteiger partial charge in [-0.1, -0.05) is 29.8 Å². The zero-order valence-electron chi connectivity index (χ0n) is 14.6. The molecule has 0 aromatic heterocycles. The Morgan fingerprint density at radius 3 is 2.50 bits per heavy atom. The molecule has 0 bridgehead atoms. The summed E-state index contributed by atoms with van der Waals surface area (Å²) >= 11 is 5.87. The van der Waals surface area contributed by atoms with E-state index in [4.69, 9.17) is 11.6 Å². The van der Waals surface area contributed by atoms with Gasteiger partial charge in [0.15, 0.2) is 0 Å². The molecule has 2 aromatic rings. The van der Waals surface area contributed by atoms with Gasteiger partial charge in [-0.15, -0.1) is 0 Å². The minimum Gasteiger partial charge on any atom is -0.352 e. The van der Waals surface area contributed by atoms with Crippen molar-refractivity contribution in [3.8, 4) is 11.1 Å². The predicted molar refractivity (Wildman–Crippen MR) is 103 cm³/mol. The van der Waals surface area contributed by atoms with Crippen molar-refractivity contribution in [2.45, 2.75) is 6.42 Å². The second kappa shape index (κ2) is 9.12. The number of nitrogens with one attached hydrogen (secondary N) is 2. The fraction of sp³-hybridized carbons (Fsp3) is 0.350. The molecule has 1 aliphatic rings. The molecule has 0 spiro atoms. The van der Waals surface area contributed by atoms with Crippen LogP contribution in [0.2, 0.25) is 5.02 Å². The third-order valence-corrected chi connectivity index (χ3v) is 4.79. The number of carbonyl (C=O) groups is 1. The molecule has 1 saturated heterocycles. The molecule has 4 nitrogen and oxygen atoms in total. The molecule has 0 saturated carbocycles. The van der Waals surface area contributed by atoms with Gasteiger partial charge in [-0.25, -0.2) is 4.39 Å². The van der Waals surface area contributed by atoms with E-state index < -0.39 is 5.82 Å². The standard InChI is InChI=1S/C20H23ClFN3O/c21-17-5-2-15(3-6-17)16-4-7-18(19(22)14-16)20(26)24-8-1-11-25-12-9-23-10-13-25/h2-7,14,23H,1,8-13H2,(H,24,26). The van der Waals surface area contributed by atoms with Crippen molar-refractivity contribution in [1.82, 2.24) is 15.5 Å². The van der Waals surface area contributed by atoms with Crippen LogP contribution < -0.4 is 10.6 Å². The summed E-state index contributed by atoms with van der Waals surface area (Å²) in [5.41, 5.74) is 1.65. The van der Waals surface area contributed by atoms with Gasteiger partial charge in [0.2, 0.25) is 0 Å².